The number of fused-ring (bicyclic) bond motifs is 2. The van der Waals surface area contributed by atoms with Gasteiger partial charge in [-0.2, -0.15) is 0 Å². The standard InChI is InChI=1S/C34H36S2Si/c1-19-13-9-11-15-25(19)29-23(5)35-31-27(29)17-21(3)33(31)37(7,8)34-22(4)18-28-30(24(6)36-32(28)34)26-16-12-10-14-20(26)2/h9-18,33-34H,1-8H3. The van der Waals surface area contributed by atoms with Crippen LogP contribution in [-0.2, 0) is 0 Å². The maximum atomic E-state index is 2.66. The first-order valence-corrected chi connectivity index (χ1v) is 18.1. The molecule has 2 unspecified atom stereocenters. The molecule has 188 valence electrons. The van der Waals surface area contributed by atoms with Gasteiger partial charge < -0.3 is 0 Å². The van der Waals surface area contributed by atoms with E-state index in [-0.39, 0.29) is 0 Å². The van der Waals surface area contributed by atoms with Crippen LogP contribution in [0.3, 0.4) is 0 Å². The second-order valence-corrected chi connectivity index (χ2v) is 19.0. The molecule has 6 rings (SSSR count). The zero-order chi connectivity index (χ0) is 26.2. The molecule has 2 heterocycles. The van der Waals surface area contributed by atoms with Crippen LogP contribution in [0.4, 0.5) is 0 Å². The van der Waals surface area contributed by atoms with Crippen molar-refractivity contribution in [3.63, 3.8) is 0 Å². The Morgan fingerprint density at radius 3 is 1.32 bits per heavy atom. The molecule has 0 bridgehead atoms. The summed E-state index contributed by atoms with van der Waals surface area (Å²) in [4.78, 5) is 6.18. The van der Waals surface area contributed by atoms with Crippen molar-refractivity contribution >= 4 is 42.9 Å². The van der Waals surface area contributed by atoms with Crippen LogP contribution in [0.1, 0.15) is 66.7 Å². The molecular weight excluding hydrogens is 501 g/mol. The molecule has 0 fully saturated rings. The minimum Gasteiger partial charge on any atom is -0.144 e. The molecule has 0 nitrogen and oxygen atoms in total. The summed E-state index contributed by atoms with van der Waals surface area (Å²) < 4.78 is 0. The van der Waals surface area contributed by atoms with Gasteiger partial charge in [0.2, 0.25) is 0 Å². The number of benzene rings is 2. The maximum absolute atomic E-state index is 2.66. The van der Waals surface area contributed by atoms with Crippen LogP contribution in [0, 0.1) is 27.7 Å². The van der Waals surface area contributed by atoms with E-state index in [1.165, 1.54) is 54.3 Å². The summed E-state index contributed by atoms with van der Waals surface area (Å²) in [7, 11) is -1.83. The summed E-state index contributed by atoms with van der Waals surface area (Å²) >= 11 is 4.12. The van der Waals surface area contributed by atoms with Crippen molar-refractivity contribution in [2.45, 2.75) is 65.7 Å². The van der Waals surface area contributed by atoms with Crippen LogP contribution in [0.15, 0.2) is 59.7 Å². The predicted molar refractivity (Wildman–Crippen MR) is 169 cm³/mol. The molecule has 2 aliphatic carbocycles. The summed E-state index contributed by atoms with van der Waals surface area (Å²) in [6.45, 7) is 19.3. The first kappa shape index (κ1) is 24.8. The summed E-state index contributed by atoms with van der Waals surface area (Å²) in [6, 6.07) is 17.8. The largest absolute Gasteiger partial charge is 0.144 e. The third-order valence-corrected chi connectivity index (χ3v) is 16.0. The molecule has 3 heteroatoms. The van der Waals surface area contributed by atoms with Crippen molar-refractivity contribution in [3.05, 3.63) is 101 Å². The average Bonchev–Trinajstić information content (AvgIpc) is 3.51. The zero-order valence-corrected chi connectivity index (χ0v) is 25.9. The SMILES string of the molecule is CC1=Cc2c(sc(C)c2-c2ccccc2C)C1[Si](C)(C)C1C(C)=Cc2c1sc(C)c2-c1ccccc1C. The highest BCUT2D eigenvalue weighted by molar-refractivity contribution is 7.15. The van der Waals surface area contributed by atoms with E-state index in [2.05, 4.69) is 138 Å². The van der Waals surface area contributed by atoms with Gasteiger partial charge >= 0.3 is 0 Å². The number of rotatable bonds is 4. The highest BCUT2D eigenvalue weighted by Gasteiger charge is 2.49. The van der Waals surface area contributed by atoms with Gasteiger partial charge in [-0.15, -0.1) is 22.7 Å². The van der Waals surface area contributed by atoms with Crippen LogP contribution in [0.25, 0.3) is 34.4 Å². The first-order chi connectivity index (χ1) is 17.6. The highest BCUT2D eigenvalue weighted by atomic mass is 32.1. The minimum absolute atomic E-state index is 0.563. The van der Waals surface area contributed by atoms with E-state index in [1.807, 2.05) is 0 Å². The van der Waals surface area contributed by atoms with Gasteiger partial charge in [-0.3, -0.25) is 0 Å². The monoisotopic (exact) mass is 536 g/mol. The van der Waals surface area contributed by atoms with Crippen LogP contribution in [0.5, 0.6) is 0 Å². The molecular formula is C34H36S2Si. The Balaban J connectivity index is 1.47. The van der Waals surface area contributed by atoms with Crippen LogP contribution < -0.4 is 0 Å². The molecule has 0 N–H and O–H groups in total. The summed E-state index contributed by atoms with van der Waals surface area (Å²) in [5.41, 5.74) is 15.8. The molecule has 0 saturated carbocycles. The molecule has 2 aromatic heterocycles. The quantitative estimate of drug-likeness (QED) is 0.228. The van der Waals surface area contributed by atoms with Crippen molar-refractivity contribution in [2.75, 3.05) is 0 Å². The number of aryl methyl sites for hydroxylation is 4. The summed E-state index contributed by atoms with van der Waals surface area (Å²) in [5.74, 6) is 0. The summed E-state index contributed by atoms with van der Waals surface area (Å²) in [5, 5.41) is 0. The molecule has 4 aromatic rings. The van der Waals surface area contributed by atoms with Crippen molar-refractivity contribution in [1.29, 1.82) is 0 Å². The lowest BCUT2D eigenvalue weighted by Gasteiger charge is -2.37. The van der Waals surface area contributed by atoms with E-state index in [4.69, 9.17) is 0 Å². The van der Waals surface area contributed by atoms with Gasteiger partial charge in [-0.05, 0) is 74.9 Å². The van der Waals surface area contributed by atoms with Gasteiger partial charge in [0.25, 0.3) is 0 Å². The van der Waals surface area contributed by atoms with Gasteiger partial charge in [0, 0.05) is 41.7 Å². The van der Waals surface area contributed by atoms with Crippen molar-refractivity contribution in [3.8, 4) is 22.3 Å². The van der Waals surface area contributed by atoms with Crippen molar-refractivity contribution in [1.82, 2.24) is 0 Å². The number of allylic oxidation sites excluding steroid dienone is 2. The van der Waals surface area contributed by atoms with Crippen LogP contribution in [0.2, 0.25) is 13.1 Å². The topological polar surface area (TPSA) is 0 Å². The van der Waals surface area contributed by atoms with E-state index < -0.39 is 8.07 Å². The fourth-order valence-corrected chi connectivity index (χ4v) is 16.4. The molecule has 0 radical (unpaired) electrons. The van der Waals surface area contributed by atoms with Crippen LogP contribution in [-0.4, -0.2) is 8.07 Å². The average molecular weight is 537 g/mol. The Morgan fingerprint density at radius 1 is 0.568 bits per heavy atom. The van der Waals surface area contributed by atoms with Gasteiger partial charge in [0.1, 0.15) is 0 Å². The molecule has 0 aliphatic heterocycles. The van der Waals surface area contributed by atoms with E-state index >= 15 is 0 Å². The third kappa shape index (κ3) is 3.65. The number of hydrogen-bond donors (Lipinski definition) is 0. The lowest BCUT2D eigenvalue weighted by Crippen LogP contribution is -2.41. The molecule has 0 spiro atoms. The Bertz CT molecular complexity index is 1500. The third-order valence-electron chi connectivity index (χ3n) is 8.80. The van der Waals surface area contributed by atoms with Crippen molar-refractivity contribution < 1.29 is 0 Å². The van der Waals surface area contributed by atoms with E-state index in [1.54, 1.807) is 20.9 Å². The van der Waals surface area contributed by atoms with Crippen molar-refractivity contribution in [2.24, 2.45) is 0 Å². The Labute approximate surface area is 231 Å². The summed E-state index contributed by atoms with van der Waals surface area (Å²) in [6.07, 6.45) is 5.07. The van der Waals surface area contributed by atoms with Gasteiger partial charge in [-0.1, -0.05) is 84.9 Å². The van der Waals surface area contributed by atoms with E-state index in [0.717, 1.165) is 0 Å². The van der Waals surface area contributed by atoms with Gasteiger partial charge in [0.05, 0.1) is 8.07 Å². The molecule has 37 heavy (non-hydrogen) atoms. The van der Waals surface area contributed by atoms with Crippen LogP contribution >= 0.6 is 22.7 Å². The minimum atomic E-state index is -1.83. The predicted octanol–water partition coefficient (Wildman–Crippen LogP) is 10.9. The second kappa shape index (κ2) is 8.79. The highest BCUT2D eigenvalue weighted by Crippen LogP contribution is 2.58. The molecule has 2 atom stereocenters. The zero-order valence-electron chi connectivity index (χ0n) is 23.2. The van der Waals surface area contributed by atoms with E-state index in [9.17, 15) is 0 Å². The maximum Gasteiger partial charge on any atom is 0.0743 e. The first-order valence-electron chi connectivity index (χ1n) is 13.4. The fraction of sp³-hybridized carbons (Fsp3) is 0.294. The fourth-order valence-electron chi connectivity index (χ4n) is 7.31. The Kier molecular flexibility index (Phi) is 5.91. The lowest BCUT2D eigenvalue weighted by atomic mass is 9.97. The molecule has 0 amide bonds. The molecule has 2 aliphatic rings. The number of thiophene rings is 2. The van der Waals surface area contributed by atoms with Gasteiger partial charge in [0.15, 0.2) is 0 Å². The Morgan fingerprint density at radius 2 is 0.946 bits per heavy atom. The lowest BCUT2D eigenvalue weighted by molar-refractivity contribution is 0.994. The molecule has 2 aromatic carbocycles. The smallest absolute Gasteiger partial charge is 0.0743 e. The Hall–Kier alpha value is -2.46. The molecule has 0 saturated heterocycles. The number of hydrogen-bond acceptors (Lipinski definition) is 2. The van der Waals surface area contributed by atoms with Gasteiger partial charge in [-0.25, -0.2) is 0 Å². The second-order valence-electron chi connectivity index (χ2n) is 11.7. The van der Waals surface area contributed by atoms with E-state index in [0.29, 0.717) is 11.1 Å². The normalized spacial score (nSPS) is 18.6.